The first-order valence-electron chi connectivity index (χ1n) is 9.66. The highest BCUT2D eigenvalue weighted by Gasteiger charge is 2.15. The number of nitrogens with one attached hydrogen (secondary N) is 1. The first-order valence-corrected chi connectivity index (χ1v) is 10.4. The van der Waals surface area contributed by atoms with Gasteiger partial charge >= 0.3 is 0 Å². The molecule has 1 atom stereocenters. The molecule has 8 heteroatoms. The van der Waals surface area contributed by atoms with Crippen LogP contribution >= 0.6 is 23.2 Å². The van der Waals surface area contributed by atoms with Crippen molar-refractivity contribution >= 4 is 29.1 Å². The Kier molecular flexibility index (Phi) is 6.30. The van der Waals surface area contributed by atoms with Gasteiger partial charge in [0.25, 0.3) is 5.91 Å². The number of hydrogen-bond donors (Lipinski definition) is 1. The number of carbonyl (C=O) groups is 1. The molecule has 0 aliphatic rings. The number of amides is 1. The molecule has 0 spiro atoms. The van der Waals surface area contributed by atoms with E-state index in [9.17, 15) is 4.79 Å². The van der Waals surface area contributed by atoms with Crippen LogP contribution in [0.3, 0.4) is 0 Å². The highest BCUT2D eigenvalue weighted by molar-refractivity contribution is 6.37. The molecule has 0 bridgehead atoms. The van der Waals surface area contributed by atoms with Crippen LogP contribution in [0.15, 0.2) is 79.3 Å². The van der Waals surface area contributed by atoms with Crippen LogP contribution in [-0.2, 0) is 6.73 Å². The molecule has 0 aliphatic carbocycles. The maximum Gasteiger partial charge on any atom is 0.272 e. The third-order valence-corrected chi connectivity index (χ3v) is 5.35. The lowest BCUT2D eigenvalue weighted by Crippen LogP contribution is -2.27. The van der Waals surface area contributed by atoms with Crippen molar-refractivity contribution in [3.05, 3.63) is 101 Å². The number of benzene rings is 2. The highest BCUT2D eigenvalue weighted by atomic mass is 35.5. The predicted molar refractivity (Wildman–Crippen MR) is 121 cm³/mol. The van der Waals surface area contributed by atoms with Gasteiger partial charge in [0.05, 0.1) is 16.1 Å². The zero-order valence-electron chi connectivity index (χ0n) is 16.7. The minimum absolute atomic E-state index is 0.0746. The molecule has 0 saturated heterocycles. The van der Waals surface area contributed by atoms with Crippen molar-refractivity contribution < 1.29 is 9.53 Å². The van der Waals surface area contributed by atoms with Gasteiger partial charge in [-0.15, -0.1) is 0 Å². The first kappa shape index (κ1) is 21.0. The maximum atomic E-state index is 12.7. The van der Waals surface area contributed by atoms with Crippen molar-refractivity contribution in [3.63, 3.8) is 0 Å². The van der Waals surface area contributed by atoms with Crippen molar-refractivity contribution in [2.75, 3.05) is 0 Å². The van der Waals surface area contributed by atoms with Gasteiger partial charge in [0, 0.05) is 24.3 Å². The number of hydrogen-bond acceptors (Lipinski definition) is 3. The lowest BCUT2D eigenvalue weighted by atomic mass is 10.1. The molecule has 4 aromatic rings. The molecule has 6 nitrogen and oxygen atoms in total. The fourth-order valence-corrected chi connectivity index (χ4v) is 3.63. The second-order valence-electron chi connectivity index (χ2n) is 6.95. The standard InChI is InChI=1S/C23H20Cl2N4O2/c1-16(17-6-4-7-18(14-17)28-11-2-3-12-28)26-23(30)21-10-13-29(27-21)15-31-22-19(24)8-5-9-20(22)25/h2-14,16H,15H2,1H3,(H,26,30). The molecule has 2 aromatic carbocycles. The smallest absolute Gasteiger partial charge is 0.272 e. The van der Waals surface area contributed by atoms with E-state index < -0.39 is 0 Å². The van der Waals surface area contributed by atoms with Gasteiger partial charge in [-0.1, -0.05) is 41.4 Å². The van der Waals surface area contributed by atoms with Crippen molar-refractivity contribution in [2.24, 2.45) is 0 Å². The molecule has 31 heavy (non-hydrogen) atoms. The average molecular weight is 455 g/mol. The summed E-state index contributed by atoms with van der Waals surface area (Å²) in [4.78, 5) is 12.7. The Morgan fingerprint density at radius 3 is 2.48 bits per heavy atom. The Labute approximate surface area is 190 Å². The van der Waals surface area contributed by atoms with Gasteiger partial charge in [0.15, 0.2) is 12.5 Å². The lowest BCUT2D eigenvalue weighted by molar-refractivity contribution is 0.0932. The highest BCUT2D eigenvalue weighted by Crippen LogP contribution is 2.32. The quantitative estimate of drug-likeness (QED) is 0.400. The molecule has 2 aromatic heterocycles. The van der Waals surface area contributed by atoms with Gasteiger partial charge in [0.1, 0.15) is 5.69 Å². The van der Waals surface area contributed by atoms with E-state index in [4.69, 9.17) is 27.9 Å². The van der Waals surface area contributed by atoms with Crippen LogP contribution in [-0.4, -0.2) is 20.3 Å². The summed E-state index contributed by atoms with van der Waals surface area (Å²) in [5.74, 6) is 0.108. The van der Waals surface area contributed by atoms with Gasteiger partial charge in [0.2, 0.25) is 0 Å². The van der Waals surface area contributed by atoms with Crippen LogP contribution in [0, 0.1) is 0 Å². The van der Waals surface area contributed by atoms with E-state index in [1.807, 2.05) is 60.3 Å². The molecule has 4 rings (SSSR count). The van der Waals surface area contributed by atoms with Crippen LogP contribution in [0.2, 0.25) is 10.0 Å². The number of aromatic nitrogens is 3. The molecule has 1 N–H and O–H groups in total. The zero-order valence-corrected chi connectivity index (χ0v) is 18.2. The van der Waals surface area contributed by atoms with E-state index in [1.165, 1.54) is 4.68 Å². The van der Waals surface area contributed by atoms with Crippen LogP contribution in [0.4, 0.5) is 0 Å². The minimum Gasteiger partial charge on any atom is -0.468 e. The molecule has 0 saturated carbocycles. The minimum atomic E-state index is -0.270. The first-order chi connectivity index (χ1) is 15.0. The van der Waals surface area contributed by atoms with Crippen molar-refractivity contribution in [2.45, 2.75) is 19.7 Å². The van der Waals surface area contributed by atoms with Crippen LogP contribution in [0.5, 0.6) is 5.75 Å². The molecule has 2 heterocycles. The lowest BCUT2D eigenvalue weighted by Gasteiger charge is -2.15. The van der Waals surface area contributed by atoms with Crippen molar-refractivity contribution in [1.82, 2.24) is 19.7 Å². The molecule has 0 aliphatic heterocycles. The molecule has 0 fully saturated rings. The monoisotopic (exact) mass is 454 g/mol. The Morgan fingerprint density at radius 2 is 1.74 bits per heavy atom. The molecule has 1 unspecified atom stereocenters. The van der Waals surface area contributed by atoms with Gasteiger partial charge < -0.3 is 14.6 Å². The third kappa shape index (κ3) is 4.93. The van der Waals surface area contributed by atoms with Gasteiger partial charge in [-0.05, 0) is 55.0 Å². The Balaban J connectivity index is 1.39. The molecule has 1 amide bonds. The zero-order chi connectivity index (χ0) is 21.8. The van der Waals surface area contributed by atoms with E-state index >= 15 is 0 Å². The summed E-state index contributed by atoms with van der Waals surface area (Å²) in [5.41, 5.74) is 2.32. The van der Waals surface area contributed by atoms with Crippen LogP contribution in [0.1, 0.15) is 29.0 Å². The summed E-state index contributed by atoms with van der Waals surface area (Å²) in [5, 5.41) is 8.08. The molecular weight excluding hydrogens is 435 g/mol. The second kappa shape index (κ2) is 9.29. The number of nitrogens with zero attached hydrogens (tertiary/aromatic N) is 3. The number of para-hydroxylation sites is 1. The predicted octanol–water partition coefficient (Wildman–Crippen LogP) is 5.51. The van der Waals surface area contributed by atoms with Crippen molar-refractivity contribution in [3.8, 4) is 11.4 Å². The largest absolute Gasteiger partial charge is 0.468 e. The van der Waals surface area contributed by atoms with E-state index in [1.54, 1.807) is 30.5 Å². The van der Waals surface area contributed by atoms with E-state index in [2.05, 4.69) is 10.4 Å². The van der Waals surface area contributed by atoms with Gasteiger partial charge in [-0.2, -0.15) is 5.10 Å². The number of carbonyl (C=O) groups excluding carboxylic acids is 1. The van der Waals surface area contributed by atoms with E-state index in [0.29, 0.717) is 21.5 Å². The Hall–Kier alpha value is -3.22. The summed E-state index contributed by atoms with van der Waals surface area (Å²) in [6.45, 7) is 2.01. The number of rotatable bonds is 7. The fraction of sp³-hybridized carbons (Fsp3) is 0.130. The van der Waals surface area contributed by atoms with Crippen molar-refractivity contribution in [1.29, 1.82) is 0 Å². The normalized spacial score (nSPS) is 11.8. The van der Waals surface area contributed by atoms with E-state index in [-0.39, 0.29) is 18.7 Å². The Morgan fingerprint density at radius 1 is 1.03 bits per heavy atom. The summed E-state index contributed by atoms with van der Waals surface area (Å²) < 4.78 is 9.17. The van der Waals surface area contributed by atoms with E-state index in [0.717, 1.165) is 11.3 Å². The SMILES string of the molecule is CC(NC(=O)c1ccn(COc2c(Cl)cccc2Cl)n1)c1cccc(-n2cccc2)c1. The third-order valence-electron chi connectivity index (χ3n) is 4.75. The summed E-state index contributed by atoms with van der Waals surface area (Å²) >= 11 is 12.2. The molecular formula is C23H20Cl2N4O2. The fourth-order valence-electron chi connectivity index (χ4n) is 3.12. The van der Waals surface area contributed by atoms with Crippen LogP contribution < -0.4 is 10.1 Å². The van der Waals surface area contributed by atoms with Gasteiger partial charge in [-0.3, -0.25) is 4.79 Å². The number of ether oxygens (including phenoxy) is 1. The average Bonchev–Trinajstić information content (AvgIpc) is 3.46. The second-order valence-corrected chi connectivity index (χ2v) is 7.76. The summed E-state index contributed by atoms with van der Waals surface area (Å²) in [6, 6.07) is 18.5. The maximum absolute atomic E-state index is 12.7. The Bertz CT molecular complexity index is 1170. The number of halogens is 2. The molecule has 0 radical (unpaired) electrons. The topological polar surface area (TPSA) is 61.1 Å². The van der Waals surface area contributed by atoms with Crippen LogP contribution in [0.25, 0.3) is 5.69 Å². The van der Waals surface area contributed by atoms with Gasteiger partial charge in [-0.25, -0.2) is 4.68 Å². The summed E-state index contributed by atoms with van der Waals surface area (Å²) in [6.07, 6.45) is 5.62. The summed E-state index contributed by atoms with van der Waals surface area (Å²) in [7, 11) is 0. The molecule has 158 valence electrons.